The molecule has 8 heteroatoms. The van der Waals surface area contributed by atoms with Gasteiger partial charge in [-0.15, -0.1) is 0 Å². The molecule has 8 nitrogen and oxygen atoms in total. The molecular weight excluding hydrogens is 420 g/mol. The third-order valence-corrected chi connectivity index (χ3v) is 6.01. The highest BCUT2D eigenvalue weighted by atomic mass is 16.4. The third kappa shape index (κ3) is 6.10. The molecule has 1 aliphatic heterocycles. The standard InChI is InChI=1S/C25H32N4O4/c1-4-28(5-2)23(30)17-27-12-14-29(15-13-27)20-10-11-22(21(16-20)25(32)33)26-24(31)19-8-6-18(3)7-9-19/h6-11,16H,4-5,12-15,17H2,1-3H3,(H,26,31)(H,32,33). The zero-order valence-electron chi connectivity index (χ0n) is 19.5. The van der Waals surface area contributed by atoms with Gasteiger partial charge in [0.2, 0.25) is 5.91 Å². The maximum Gasteiger partial charge on any atom is 0.337 e. The fraction of sp³-hybridized carbons (Fsp3) is 0.400. The van der Waals surface area contributed by atoms with Gasteiger partial charge in [-0.2, -0.15) is 0 Å². The Labute approximate surface area is 194 Å². The largest absolute Gasteiger partial charge is 0.478 e. The number of carboxylic acids is 1. The molecular formula is C25H32N4O4. The molecule has 33 heavy (non-hydrogen) atoms. The number of piperazine rings is 1. The van der Waals surface area contributed by atoms with Crippen LogP contribution in [0.2, 0.25) is 0 Å². The summed E-state index contributed by atoms with van der Waals surface area (Å²) in [6.45, 7) is 10.5. The molecule has 0 saturated carbocycles. The van der Waals surface area contributed by atoms with Gasteiger partial charge < -0.3 is 20.2 Å². The van der Waals surface area contributed by atoms with Gasteiger partial charge in [0, 0.05) is 50.5 Å². The van der Waals surface area contributed by atoms with Gasteiger partial charge >= 0.3 is 5.97 Å². The van der Waals surface area contributed by atoms with Crippen LogP contribution in [0.3, 0.4) is 0 Å². The van der Waals surface area contributed by atoms with Crippen molar-refractivity contribution in [2.75, 3.05) is 56.0 Å². The van der Waals surface area contributed by atoms with E-state index in [2.05, 4.69) is 15.1 Å². The number of nitrogens with one attached hydrogen (secondary N) is 1. The van der Waals surface area contributed by atoms with E-state index in [0.717, 1.165) is 24.3 Å². The topological polar surface area (TPSA) is 93.2 Å². The lowest BCUT2D eigenvalue weighted by Gasteiger charge is -2.36. The van der Waals surface area contributed by atoms with Crippen LogP contribution < -0.4 is 10.2 Å². The van der Waals surface area contributed by atoms with Crippen LogP contribution in [-0.4, -0.2) is 78.5 Å². The zero-order valence-corrected chi connectivity index (χ0v) is 19.5. The number of aryl methyl sites for hydroxylation is 1. The normalized spacial score (nSPS) is 14.1. The molecule has 1 heterocycles. The van der Waals surface area contributed by atoms with E-state index < -0.39 is 5.97 Å². The Morgan fingerprint density at radius 1 is 0.970 bits per heavy atom. The van der Waals surface area contributed by atoms with Crippen molar-refractivity contribution in [3.05, 3.63) is 59.2 Å². The van der Waals surface area contributed by atoms with E-state index in [9.17, 15) is 19.5 Å². The smallest absolute Gasteiger partial charge is 0.337 e. The van der Waals surface area contributed by atoms with Crippen molar-refractivity contribution in [1.82, 2.24) is 9.80 Å². The van der Waals surface area contributed by atoms with Crippen LogP contribution in [0.4, 0.5) is 11.4 Å². The molecule has 2 aromatic rings. The summed E-state index contributed by atoms with van der Waals surface area (Å²) in [5, 5.41) is 12.4. The molecule has 3 rings (SSSR count). The van der Waals surface area contributed by atoms with Crippen molar-refractivity contribution in [3.63, 3.8) is 0 Å². The van der Waals surface area contributed by atoms with Gasteiger partial charge in [-0.05, 0) is 51.1 Å². The van der Waals surface area contributed by atoms with E-state index in [1.165, 1.54) is 0 Å². The van der Waals surface area contributed by atoms with Crippen molar-refractivity contribution in [2.45, 2.75) is 20.8 Å². The van der Waals surface area contributed by atoms with Gasteiger partial charge in [0.1, 0.15) is 0 Å². The van der Waals surface area contributed by atoms with Gasteiger partial charge in [-0.3, -0.25) is 14.5 Å². The highest BCUT2D eigenvalue weighted by molar-refractivity contribution is 6.08. The third-order valence-electron chi connectivity index (χ3n) is 6.01. The average molecular weight is 453 g/mol. The molecule has 2 aromatic carbocycles. The van der Waals surface area contributed by atoms with Gasteiger partial charge in [-0.1, -0.05) is 17.7 Å². The molecule has 0 aromatic heterocycles. The predicted octanol–water partition coefficient (Wildman–Crippen LogP) is 2.94. The number of likely N-dealkylation sites (N-methyl/N-ethyl adjacent to an activating group) is 1. The monoisotopic (exact) mass is 452 g/mol. The van der Waals surface area contributed by atoms with Crippen LogP contribution in [0.1, 0.15) is 40.1 Å². The fourth-order valence-electron chi connectivity index (χ4n) is 3.95. The summed E-state index contributed by atoms with van der Waals surface area (Å²) in [6.07, 6.45) is 0. The molecule has 0 spiro atoms. The number of hydrogen-bond donors (Lipinski definition) is 2. The Morgan fingerprint density at radius 3 is 2.18 bits per heavy atom. The second-order valence-corrected chi connectivity index (χ2v) is 8.18. The maximum absolute atomic E-state index is 12.6. The minimum Gasteiger partial charge on any atom is -0.478 e. The summed E-state index contributed by atoms with van der Waals surface area (Å²) >= 11 is 0. The van der Waals surface area contributed by atoms with Crippen LogP contribution in [0.15, 0.2) is 42.5 Å². The Bertz CT molecular complexity index is 994. The van der Waals surface area contributed by atoms with Crippen molar-refractivity contribution in [2.24, 2.45) is 0 Å². The number of benzene rings is 2. The summed E-state index contributed by atoms with van der Waals surface area (Å²) < 4.78 is 0. The van der Waals surface area contributed by atoms with Crippen LogP contribution >= 0.6 is 0 Å². The first-order chi connectivity index (χ1) is 15.8. The molecule has 1 aliphatic rings. The lowest BCUT2D eigenvalue weighted by molar-refractivity contribution is -0.132. The van der Waals surface area contributed by atoms with Crippen LogP contribution in [0.25, 0.3) is 0 Å². The van der Waals surface area contributed by atoms with Crippen LogP contribution in [0.5, 0.6) is 0 Å². The molecule has 0 radical (unpaired) electrons. The summed E-state index contributed by atoms with van der Waals surface area (Å²) in [7, 11) is 0. The first-order valence-electron chi connectivity index (χ1n) is 11.3. The number of carboxylic acid groups (broad SMARTS) is 1. The number of amides is 2. The van der Waals surface area contributed by atoms with E-state index >= 15 is 0 Å². The quantitative estimate of drug-likeness (QED) is 0.640. The number of anilines is 2. The molecule has 2 amide bonds. The maximum atomic E-state index is 12.6. The van der Waals surface area contributed by atoms with E-state index in [-0.39, 0.29) is 23.1 Å². The number of aromatic carboxylic acids is 1. The molecule has 0 aliphatic carbocycles. The SMILES string of the molecule is CCN(CC)C(=O)CN1CCN(c2ccc(NC(=O)c3ccc(C)cc3)c(C(=O)O)c2)CC1. The molecule has 0 bridgehead atoms. The second kappa shape index (κ2) is 11.0. The van der Waals surface area contributed by atoms with E-state index in [1.54, 1.807) is 24.3 Å². The van der Waals surface area contributed by atoms with Gasteiger partial charge in [0.25, 0.3) is 5.91 Å². The summed E-state index contributed by atoms with van der Waals surface area (Å²) in [6, 6.07) is 12.2. The number of carbonyl (C=O) groups excluding carboxylic acids is 2. The van der Waals surface area contributed by atoms with Crippen LogP contribution in [0, 0.1) is 6.92 Å². The Morgan fingerprint density at radius 2 is 1.61 bits per heavy atom. The number of hydrogen-bond acceptors (Lipinski definition) is 5. The van der Waals surface area contributed by atoms with Crippen molar-refractivity contribution < 1.29 is 19.5 Å². The summed E-state index contributed by atoms with van der Waals surface area (Å²) in [5.74, 6) is -1.31. The molecule has 0 unspecified atom stereocenters. The lowest BCUT2D eigenvalue weighted by atomic mass is 10.1. The van der Waals surface area contributed by atoms with Gasteiger partial charge in [0.05, 0.1) is 17.8 Å². The molecule has 2 N–H and O–H groups in total. The highest BCUT2D eigenvalue weighted by Gasteiger charge is 2.22. The molecule has 1 saturated heterocycles. The van der Waals surface area contributed by atoms with Gasteiger partial charge in [-0.25, -0.2) is 4.79 Å². The Hall–Kier alpha value is -3.39. The molecule has 0 atom stereocenters. The first kappa shape index (κ1) is 24.3. The average Bonchev–Trinajstić information content (AvgIpc) is 2.81. The minimum atomic E-state index is -1.10. The van der Waals surface area contributed by atoms with Crippen LogP contribution in [-0.2, 0) is 4.79 Å². The van der Waals surface area contributed by atoms with Crippen molar-refractivity contribution in [3.8, 4) is 0 Å². The Kier molecular flexibility index (Phi) is 8.06. The van der Waals surface area contributed by atoms with Crippen molar-refractivity contribution >= 4 is 29.2 Å². The predicted molar refractivity (Wildman–Crippen MR) is 129 cm³/mol. The van der Waals surface area contributed by atoms with E-state index in [0.29, 0.717) is 38.3 Å². The zero-order chi connectivity index (χ0) is 24.0. The molecule has 1 fully saturated rings. The summed E-state index contributed by atoms with van der Waals surface area (Å²) in [4.78, 5) is 42.9. The van der Waals surface area contributed by atoms with Crippen molar-refractivity contribution in [1.29, 1.82) is 0 Å². The van der Waals surface area contributed by atoms with E-state index in [4.69, 9.17) is 0 Å². The van der Waals surface area contributed by atoms with Gasteiger partial charge in [0.15, 0.2) is 0 Å². The Balaban J connectivity index is 1.66. The van der Waals surface area contributed by atoms with E-state index in [1.807, 2.05) is 43.9 Å². The summed E-state index contributed by atoms with van der Waals surface area (Å²) in [5.41, 5.74) is 2.61. The number of rotatable bonds is 8. The first-order valence-corrected chi connectivity index (χ1v) is 11.3. The molecule has 176 valence electrons. The minimum absolute atomic E-state index is 0.0482. The number of carbonyl (C=O) groups is 3. The lowest BCUT2D eigenvalue weighted by Crippen LogP contribution is -2.50. The highest BCUT2D eigenvalue weighted by Crippen LogP contribution is 2.25. The fourth-order valence-corrected chi connectivity index (χ4v) is 3.95. The number of nitrogens with zero attached hydrogens (tertiary/aromatic N) is 3. The second-order valence-electron chi connectivity index (χ2n) is 8.18.